The zero-order chi connectivity index (χ0) is 33.9. The summed E-state index contributed by atoms with van der Waals surface area (Å²) in [6.45, 7) is -0.254. The highest BCUT2D eigenvalue weighted by atomic mass is 32.2. The van der Waals surface area contributed by atoms with Crippen molar-refractivity contribution in [3.8, 4) is 23.0 Å². The monoisotopic (exact) mass is 683 g/mol. The number of benzene rings is 2. The molecular formula is C28H20F7N7O4S. The Kier molecular flexibility index (Phi) is 9.48. The third-order valence-corrected chi connectivity index (χ3v) is 7.04. The quantitative estimate of drug-likeness (QED) is 0.211. The number of aromatic nitrogens is 4. The Labute approximate surface area is 264 Å². The number of nitrogens with one attached hydrogen (secondary N) is 1. The van der Waals surface area contributed by atoms with Gasteiger partial charge in [-0.15, -0.1) is 18.3 Å². The smallest absolute Gasteiger partial charge is 0.404 e. The van der Waals surface area contributed by atoms with E-state index < -0.39 is 49.3 Å². The lowest BCUT2D eigenvalue weighted by Crippen LogP contribution is -2.31. The Morgan fingerprint density at radius 2 is 1.85 bits per heavy atom. The van der Waals surface area contributed by atoms with Crippen LogP contribution < -0.4 is 15.0 Å². The van der Waals surface area contributed by atoms with Gasteiger partial charge in [-0.05, 0) is 48.9 Å². The number of thioether (sulfide) groups is 1. The minimum absolute atomic E-state index is 0.0316. The number of aliphatic imine (C=N–C) groups is 1. The number of ether oxygens (including phenoxy) is 2. The molecule has 1 N–H and O–H groups in total. The van der Waals surface area contributed by atoms with Crippen molar-refractivity contribution in [1.82, 2.24) is 19.7 Å². The van der Waals surface area contributed by atoms with Gasteiger partial charge < -0.3 is 14.8 Å². The van der Waals surface area contributed by atoms with Gasteiger partial charge in [0.1, 0.15) is 24.5 Å². The first-order chi connectivity index (χ1) is 22.1. The molecule has 2 aromatic heterocycles. The number of amides is 3. The van der Waals surface area contributed by atoms with Crippen molar-refractivity contribution in [3.63, 3.8) is 0 Å². The molecule has 246 valence electrons. The molecule has 0 bridgehead atoms. The van der Waals surface area contributed by atoms with Crippen molar-refractivity contribution in [1.29, 1.82) is 0 Å². The van der Waals surface area contributed by atoms with Crippen LogP contribution in [0.4, 0.5) is 46.9 Å². The number of nitrogens with zero attached hydrogens (tertiary/aromatic N) is 6. The Hall–Kier alpha value is -5.04. The fraction of sp³-hybridized carbons (Fsp3) is 0.214. The van der Waals surface area contributed by atoms with E-state index in [-0.39, 0.29) is 45.1 Å². The first kappa shape index (κ1) is 33.3. The number of aryl methyl sites for hydroxylation is 1. The Morgan fingerprint density at radius 1 is 1.06 bits per heavy atom. The number of urea groups is 1. The normalized spacial score (nSPS) is 14.6. The molecule has 1 aliphatic rings. The number of hydrogen-bond acceptors (Lipinski definition) is 8. The summed E-state index contributed by atoms with van der Waals surface area (Å²) in [7, 11) is 0. The number of halogens is 7. The summed E-state index contributed by atoms with van der Waals surface area (Å²) in [5, 5.41) is 6.35. The van der Waals surface area contributed by atoms with Crippen molar-refractivity contribution in [2.24, 2.45) is 4.99 Å². The second-order valence-corrected chi connectivity index (χ2v) is 10.6. The minimum atomic E-state index is -4.88. The zero-order valence-electron chi connectivity index (χ0n) is 23.8. The van der Waals surface area contributed by atoms with Crippen LogP contribution in [0.25, 0.3) is 17.2 Å². The molecule has 3 heterocycles. The van der Waals surface area contributed by atoms with Crippen molar-refractivity contribution in [2.75, 3.05) is 22.6 Å². The molecule has 0 spiro atoms. The van der Waals surface area contributed by atoms with E-state index in [0.717, 1.165) is 39.7 Å². The molecule has 1 saturated heterocycles. The Bertz CT molecular complexity index is 1830. The summed E-state index contributed by atoms with van der Waals surface area (Å²) in [6, 6.07) is 9.51. The van der Waals surface area contributed by atoms with Crippen molar-refractivity contribution in [3.05, 3.63) is 78.0 Å². The maximum absolute atomic E-state index is 15.0. The van der Waals surface area contributed by atoms with E-state index in [0.29, 0.717) is 5.56 Å². The van der Waals surface area contributed by atoms with Crippen molar-refractivity contribution in [2.45, 2.75) is 26.1 Å². The number of carbonyl (C=O) groups excluding carboxylic acids is 2. The van der Waals surface area contributed by atoms with Gasteiger partial charge in [0.15, 0.2) is 16.8 Å². The number of alkyl halides is 6. The number of rotatable bonds is 8. The minimum Gasteiger partial charge on any atom is -0.404 e. The average molecular weight is 684 g/mol. The van der Waals surface area contributed by atoms with Gasteiger partial charge in [-0.25, -0.2) is 23.8 Å². The molecule has 0 radical (unpaired) electrons. The predicted molar refractivity (Wildman–Crippen MR) is 155 cm³/mol. The van der Waals surface area contributed by atoms with E-state index in [1.807, 2.05) is 0 Å². The van der Waals surface area contributed by atoms with E-state index in [9.17, 15) is 35.9 Å². The fourth-order valence-electron chi connectivity index (χ4n) is 4.16. The van der Waals surface area contributed by atoms with Crippen LogP contribution in [0.2, 0.25) is 0 Å². The van der Waals surface area contributed by atoms with E-state index in [2.05, 4.69) is 30.1 Å². The van der Waals surface area contributed by atoms with Crippen LogP contribution in [0.5, 0.6) is 5.75 Å². The van der Waals surface area contributed by atoms with Crippen molar-refractivity contribution < 1.29 is 49.8 Å². The van der Waals surface area contributed by atoms with E-state index >= 15 is 4.39 Å². The van der Waals surface area contributed by atoms with Crippen LogP contribution in [-0.2, 0) is 16.1 Å². The number of hydrogen-bond donors (Lipinski definition) is 1. The molecule has 1 aliphatic heterocycles. The second kappa shape index (κ2) is 13.4. The molecule has 0 saturated carbocycles. The molecule has 0 atom stereocenters. The lowest BCUT2D eigenvalue weighted by atomic mass is 10.1. The molecule has 19 heteroatoms. The van der Waals surface area contributed by atoms with Gasteiger partial charge in [0, 0.05) is 11.1 Å². The van der Waals surface area contributed by atoms with E-state index in [1.165, 1.54) is 30.6 Å². The summed E-state index contributed by atoms with van der Waals surface area (Å²) >= 11 is 0.912. The first-order valence-corrected chi connectivity index (χ1v) is 14.2. The summed E-state index contributed by atoms with van der Waals surface area (Å²) in [6.07, 6.45) is -7.38. The maximum Gasteiger partial charge on any atom is 0.573 e. The SMILES string of the molecule is Cc1ccc(COCC(F)(F)F)c(N2C(=O)CS/C2=N\C(=O)Nc2ccc(-c3ncn(-c4ccc(OC(F)(F)F)cn4)n3)cc2F)c1. The topological polar surface area (TPSA) is 124 Å². The van der Waals surface area contributed by atoms with Gasteiger partial charge in [0.05, 0.1) is 29.9 Å². The standard InChI is InChI=1S/C28H20F7N7O4S/c1-15-2-3-17(11-45-13-27(30,31)32)21(8-15)42-23(43)12-47-26(42)39-25(44)38-20-6-4-16(9-19(20)29)24-37-14-41(40-24)22-7-5-18(10-36-22)46-28(33,34)35/h2-10,14H,11-13H2,1H3,(H,38,44)/b39-26-. The fourth-order valence-corrected chi connectivity index (χ4v) is 5.01. The molecule has 0 unspecified atom stereocenters. The van der Waals surface area contributed by atoms with Crippen LogP contribution in [0, 0.1) is 12.7 Å². The van der Waals surface area contributed by atoms with Crippen molar-refractivity contribution >= 4 is 40.2 Å². The molecule has 3 amide bonds. The van der Waals surface area contributed by atoms with E-state index in [1.54, 1.807) is 19.1 Å². The predicted octanol–water partition coefficient (Wildman–Crippen LogP) is 6.42. The van der Waals surface area contributed by atoms with Gasteiger partial charge >= 0.3 is 18.6 Å². The number of carbonyl (C=O) groups is 2. The lowest BCUT2D eigenvalue weighted by molar-refractivity contribution is -0.274. The Morgan fingerprint density at radius 3 is 2.53 bits per heavy atom. The van der Waals surface area contributed by atoms with Crippen LogP contribution in [-0.4, -0.2) is 61.8 Å². The van der Waals surface area contributed by atoms with Gasteiger partial charge in [-0.1, -0.05) is 23.9 Å². The molecule has 2 aromatic carbocycles. The van der Waals surface area contributed by atoms with Gasteiger partial charge in [-0.3, -0.25) is 9.69 Å². The lowest BCUT2D eigenvalue weighted by Gasteiger charge is -2.21. The maximum atomic E-state index is 15.0. The molecule has 0 aliphatic carbocycles. The summed E-state index contributed by atoms with van der Waals surface area (Å²) in [5.41, 5.74) is 1.04. The van der Waals surface area contributed by atoms with Gasteiger partial charge in [0.2, 0.25) is 5.91 Å². The Balaban J connectivity index is 1.29. The summed E-state index contributed by atoms with van der Waals surface area (Å²) in [5.74, 6) is -1.88. The van der Waals surface area contributed by atoms with Crippen LogP contribution in [0.3, 0.4) is 0 Å². The molecular weight excluding hydrogens is 663 g/mol. The third kappa shape index (κ3) is 8.61. The van der Waals surface area contributed by atoms with Crippen LogP contribution in [0.1, 0.15) is 11.1 Å². The number of amidine groups is 1. The number of pyridine rings is 1. The van der Waals surface area contributed by atoms with Gasteiger partial charge in [0.25, 0.3) is 0 Å². The van der Waals surface area contributed by atoms with E-state index in [4.69, 9.17) is 4.74 Å². The zero-order valence-corrected chi connectivity index (χ0v) is 24.6. The summed E-state index contributed by atoms with van der Waals surface area (Å²) in [4.78, 5) is 38.4. The first-order valence-electron chi connectivity index (χ1n) is 13.2. The second-order valence-electron chi connectivity index (χ2n) is 9.69. The highest BCUT2D eigenvalue weighted by Crippen LogP contribution is 2.32. The largest absolute Gasteiger partial charge is 0.573 e. The molecule has 5 rings (SSSR count). The third-order valence-electron chi connectivity index (χ3n) is 6.12. The average Bonchev–Trinajstić information content (AvgIpc) is 3.61. The molecule has 1 fully saturated rings. The van der Waals surface area contributed by atoms with Crippen LogP contribution in [0.15, 0.2) is 66.0 Å². The highest BCUT2D eigenvalue weighted by molar-refractivity contribution is 8.15. The molecule has 11 nitrogen and oxygen atoms in total. The summed E-state index contributed by atoms with van der Waals surface area (Å²) < 4.78 is 99.6. The van der Waals surface area contributed by atoms with Crippen LogP contribution >= 0.6 is 11.8 Å². The van der Waals surface area contributed by atoms with Gasteiger partial charge in [-0.2, -0.15) is 18.2 Å². The highest BCUT2D eigenvalue weighted by Gasteiger charge is 2.33. The number of anilines is 2. The molecule has 47 heavy (non-hydrogen) atoms. The molecule has 4 aromatic rings.